The smallest absolute Gasteiger partial charge is 0.252 e. The zero-order valence-corrected chi connectivity index (χ0v) is 15.7. The first-order chi connectivity index (χ1) is 12.0. The summed E-state index contributed by atoms with van der Waals surface area (Å²) in [5, 5.41) is 2.71. The van der Waals surface area contributed by atoms with Crippen molar-refractivity contribution < 1.29 is 14.0 Å². The molecule has 0 saturated carbocycles. The molecule has 2 saturated heterocycles. The standard InChI is InChI=1S/C18H23BrFN3O2/c19-16-5-4-13(20)11-15(16)18(25)21-7-6-17(24)23-10-2-9-22-8-1-3-14(22)12-23/h4-5,11,14H,1-3,6-10,12H2,(H,21,25). The van der Waals surface area contributed by atoms with Crippen molar-refractivity contribution in [3.8, 4) is 0 Å². The van der Waals surface area contributed by atoms with Gasteiger partial charge in [-0.2, -0.15) is 0 Å². The molecule has 2 heterocycles. The average molecular weight is 412 g/mol. The quantitative estimate of drug-likeness (QED) is 0.827. The number of rotatable bonds is 4. The predicted octanol–water partition coefficient (Wildman–Crippen LogP) is 2.40. The van der Waals surface area contributed by atoms with E-state index < -0.39 is 5.82 Å². The maximum absolute atomic E-state index is 13.3. The minimum atomic E-state index is -0.463. The third-order valence-corrected chi connectivity index (χ3v) is 5.65. The molecule has 2 fully saturated rings. The Balaban J connectivity index is 1.49. The third kappa shape index (κ3) is 4.58. The van der Waals surface area contributed by atoms with Crippen LogP contribution in [-0.2, 0) is 4.79 Å². The van der Waals surface area contributed by atoms with Crippen LogP contribution >= 0.6 is 15.9 Å². The van der Waals surface area contributed by atoms with Gasteiger partial charge in [-0.1, -0.05) is 0 Å². The van der Waals surface area contributed by atoms with Crippen molar-refractivity contribution in [1.29, 1.82) is 0 Å². The van der Waals surface area contributed by atoms with Gasteiger partial charge in [-0.3, -0.25) is 14.5 Å². The number of carbonyl (C=O) groups is 2. The van der Waals surface area contributed by atoms with Crippen LogP contribution in [0.25, 0.3) is 0 Å². The van der Waals surface area contributed by atoms with E-state index in [1.54, 1.807) is 0 Å². The fraction of sp³-hybridized carbons (Fsp3) is 0.556. The van der Waals surface area contributed by atoms with E-state index in [0.717, 1.165) is 39.0 Å². The lowest BCUT2D eigenvalue weighted by atomic mass is 10.2. The van der Waals surface area contributed by atoms with Crippen LogP contribution in [0.15, 0.2) is 22.7 Å². The van der Waals surface area contributed by atoms with Gasteiger partial charge in [-0.25, -0.2) is 4.39 Å². The molecule has 2 aliphatic rings. The first-order valence-corrected chi connectivity index (χ1v) is 9.59. The van der Waals surface area contributed by atoms with Crippen molar-refractivity contribution >= 4 is 27.7 Å². The maximum atomic E-state index is 13.3. The highest BCUT2D eigenvalue weighted by Crippen LogP contribution is 2.21. The van der Waals surface area contributed by atoms with Gasteiger partial charge in [-0.15, -0.1) is 0 Å². The Hall–Kier alpha value is -1.47. The number of nitrogens with one attached hydrogen (secondary N) is 1. The monoisotopic (exact) mass is 411 g/mol. The second-order valence-corrected chi connectivity index (χ2v) is 7.51. The number of hydrogen-bond acceptors (Lipinski definition) is 3. The third-order valence-electron chi connectivity index (χ3n) is 4.95. The van der Waals surface area contributed by atoms with E-state index >= 15 is 0 Å². The minimum absolute atomic E-state index is 0.0763. The molecule has 25 heavy (non-hydrogen) atoms. The molecule has 2 amide bonds. The highest BCUT2D eigenvalue weighted by atomic mass is 79.9. The van der Waals surface area contributed by atoms with E-state index in [1.807, 2.05) is 4.90 Å². The van der Waals surface area contributed by atoms with Gasteiger partial charge >= 0.3 is 0 Å². The number of halogens is 2. The van der Waals surface area contributed by atoms with E-state index in [-0.39, 0.29) is 30.3 Å². The maximum Gasteiger partial charge on any atom is 0.252 e. The lowest BCUT2D eigenvalue weighted by molar-refractivity contribution is -0.131. The van der Waals surface area contributed by atoms with Crippen molar-refractivity contribution in [2.24, 2.45) is 0 Å². The first-order valence-electron chi connectivity index (χ1n) is 8.79. The number of fused-ring (bicyclic) bond motifs is 1. The van der Waals surface area contributed by atoms with Crippen LogP contribution in [-0.4, -0.2) is 60.4 Å². The summed E-state index contributed by atoms with van der Waals surface area (Å²) in [6.45, 7) is 4.05. The highest BCUT2D eigenvalue weighted by molar-refractivity contribution is 9.10. The summed E-state index contributed by atoms with van der Waals surface area (Å²) in [7, 11) is 0. The molecule has 1 unspecified atom stereocenters. The molecule has 136 valence electrons. The average Bonchev–Trinajstić information content (AvgIpc) is 2.93. The van der Waals surface area contributed by atoms with Crippen molar-refractivity contribution in [3.05, 3.63) is 34.1 Å². The summed E-state index contributed by atoms with van der Waals surface area (Å²) in [5.74, 6) is -0.764. The van der Waals surface area contributed by atoms with E-state index in [0.29, 0.717) is 10.5 Å². The molecule has 2 aliphatic heterocycles. The Morgan fingerprint density at radius 2 is 2.04 bits per heavy atom. The fourth-order valence-corrected chi connectivity index (χ4v) is 4.07. The van der Waals surface area contributed by atoms with Crippen LogP contribution < -0.4 is 5.32 Å². The van der Waals surface area contributed by atoms with E-state index in [4.69, 9.17) is 0 Å². The van der Waals surface area contributed by atoms with E-state index in [2.05, 4.69) is 26.1 Å². The Morgan fingerprint density at radius 1 is 1.24 bits per heavy atom. The van der Waals surface area contributed by atoms with Gasteiger partial charge < -0.3 is 10.2 Å². The summed E-state index contributed by atoms with van der Waals surface area (Å²) in [6, 6.07) is 4.46. The highest BCUT2D eigenvalue weighted by Gasteiger charge is 2.30. The number of benzene rings is 1. The molecule has 3 rings (SSSR count). The predicted molar refractivity (Wildman–Crippen MR) is 96.8 cm³/mol. The zero-order chi connectivity index (χ0) is 17.8. The Labute approximate surface area is 155 Å². The van der Waals surface area contributed by atoms with Crippen LogP contribution in [0.2, 0.25) is 0 Å². The van der Waals surface area contributed by atoms with E-state index in [1.165, 1.54) is 24.6 Å². The summed E-state index contributed by atoms with van der Waals surface area (Å²) < 4.78 is 13.8. The van der Waals surface area contributed by atoms with Crippen molar-refractivity contribution in [1.82, 2.24) is 15.1 Å². The SMILES string of the molecule is O=C(NCCC(=O)N1CCCN2CCCC2C1)c1cc(F)ccc1Br. The topological polar surface area (TPSA) is 52.7 Å². The number of nitrogens with zero attached hydrogens (tertiary/aromatic N) is 2. The van der Waals surface area contributed by atoms with Crippen LogP contribution in [0.4, 0.5) is 4.39 Å². The molecule has 0 bridgehead atoms. The summed E-state index contributed by atoms with van der Waals surface area (Å²) in [5.41, 5.74) is 0.240. The second-order valence-electron chi connectivity index (χ2n) is 6.66. The molecule has 0 aliphatic carbocycles. The molecule has 5 nitrogen and oxygen atoms in total. The second kappa shape index (κ2) is 8.27. The molecule has 1 N–H and O–H groups in total. The summed E-state index contributed by atoms with van der Waals surface area (Å²) in [6.07, 6.45) is 3.65. The molecule has 1 aromatic carbocycles. The van der Waals surface area contributed by atoms with Crippen LogP contribution in [0, 0.1) is 5.82 Å². The molecule has 7 heteroatoms. The molecule has 0 aromatic heterocycles. The number of hydrogen-bond donors (Lipinski definition) is 1. The van der Waals surface area contributed by atoms with Gasteiger partial charge in [0.25, 0.3) is 5.91 Å². The van der Waals surface area contributed by atoms with Gasteiger partial charge in [0.15, 0.2) is 0 Å². The van der Waals surface area contributed by atoms with Crippen LogP contribution in [0.5, 0.6) is 0 Å². The van der Waals surface area contributed by atoms with Gasteiger partial charge in [0, 0.05) is 43.1 Å². The lowest BCUT2D eigenvalue weighted by Gasteiger charge is -2.25. The Kier molecular flexibility index (Phi) is 6.06. The fourth-order valence-electron chi connectivity index (χ4n) is 3.64. The lowest BCUT2D eigenvalue weighted by Crippen LogP contribution is -2.40. The first kappa shape index (κ1) is 18.3. The van der Waals surface area contributed by atoms with E-state index in [9.17, 15) is 14.0 Å². The van der Waals surface area contributed by atoms with Crippen LogP contribution in [0.1, 0.15) is 36.0 Å². The molecule has 0 spiro atoms. The van der Waals surface area contributed by atoms with Gasteiger partial charge in [0.2, 0.25) is 5.91 Å². The number of amides is 2. The molecule has 1 aromatic rings. The minimum Gasteiger partial charge on any atom is -0.351 e. The van der Waals surface area contributed by atoms with Gasteiger partial charge in [0.05, 0.1) is 5.56 Å². The number of carbonyl (C=O) groups excluding carboxylic acids is 2. The van der Waals surface area contributed by atoms with Gasteiger partial charge in [0.1, 0.15) is 5.82 Å². The van der Waals surface area contributed by atoms with Crippen LogP contribution in [0.3, 0.4) is 0 Å². The Bertz CT molecular complexity index is 655. The zero-order valence-electron chi connectivity index (χ0n) is 14.1. The molecular weight excluding hydrogens is 389 g/mol. The van der Waals surface area contributed by atoms with Crippen molar-refractivity contribution in [3.63, 3.8) is 0 Å². The Morgan fingerprint density at radius 3 is 2.88 bits per heavy atom. The molecule has 0 radical (unpaired) electrons. The van der Waals surface area contributed by atoms with Crippen molar-refractivity contribution in [2.45, 2.75) is 31.7 Å². The normalized spacial score (nSPS) is 20.9. The summed E-state index contributed by atoms with van der Waals surface area (Å²) >= 11 is 3.24. The van der Waals surface area contributed by atoms with Crippen molar-refractivity contribution in [2.75, 3.05) is 32.7 Å². The van der Waals surface area contributed by atoms with Gasteiger partial charge in [-0.05, 0) is 59.9 Å². The largest absolute Gasteiger partial charge is 0.351 e. The molecule has 1 atom stereocenters. The molecular formula is C18H23BrFN3O2. The summed E-state index contributed by atoms with van der Waals surface area (Å²) in [4.78, 5) is 29.0.